The first-order chi connectivity index (χ1) is 9.67. The largest absolute Gasteiger partial charge is 0.490 e. The molecule has 2 aromatic rings. The fourth-order valence-electron chi connectivity index (χ4n) is 1.66. The second-order valence-corrected chi connectivity index (χ2v) is 4.02. The molecule has 0 aliphatic rings. The average molecular weight is 276 g/mol. The molecule has 106 valence electrons. The Morgan fingerprint density at radius 1 is 1.50 bits per heavy atom. The van der Waals surface area contributed by atoms with E-state index in [1.165, 1.54) is 24.2 Å². The Balaban J connectivity index is 2.41. The van der Waals surface area contributed by atoms with E-state index in [9.17, 15) is 4.79 Å². The molecule has 0 bridgehead atoms. The van der Waals surface area contributed by atoms with Crippen LogP contribution in [0.15, 0.2) is 18.6 Å². The molecule has 0 atom stereocenters. The van der Waals surface area contributed by atoms with Gasteiger partial charge in [-0.15, -0.1) is 0 Å². The van der Waals surface area contributed by atoms with Gasteiger partial charge in [0.25, 0.3) is 5.91 Å². The molecule has 20 heavy (non-hydrogen) atoms. The SMILES string of the molecule is CCCNc1ncnc(-n2ccc(C(N)=O)n2)c1OC. The number of methoxy groups -OCH3 is 1. The van der Waals surface area contributed by atoms with Crippen LogP contribution in [-0.2, 0) is 0 Å². The lowest BCUT2D eigenvalue weighted by Gasteiger charge is -2.12. The Morgan fingerprint density at radius 2 is 2.30 bits per heavy atom. The van der Waals surface area contributed by atoms with Crippen LogP contribution in [0.3, 0.4) is 0 Å². The Kier molecular flexibility index (Phi) is 4.14. The van der Waals surface area contributed by atoms with Gasteiger partial charge in [-0.2, -0.15) is 5.10 Å². The average Bonchev–Trinajstić information content (AvgIpc) is 2.94. The van der Waals surface area contributed by atoms with Crippen LogP contribution in [0.25, 0.3) is 5.82 Å². The van der Waals surface area contributed by atoms with Gasteiger partial charge in [-0.05, 0) is 12.5 Å². The number of hydrogen-bond acceptors (Lipinski definition) is 6. The minimum atomic E-state index is -0.596. The van der Waals surface area contributed by atoms with E-state index >= 15 is 0 Å². The van der Waals surface area contributed by atoms with Crippen molar-refractivity contribution in [3.05, 3.63) is 24.3 Å². The summed E-state index contributed by atoms with van der Waals surface area (Å²) in [6.45, 7) is 2.81. The van der Waals surface area contributed by atoms with Crippen molar-refractivity contribution in [2.45, 2.75) is 13.3 Å². The van der Waals surface area contributed by atoms with E-state index in [2.05, 4.69) is 20.4 Å². The first kappa shape index (κ1) is 13.8. The third-order valence-corrected chi connectivity index (χ3v) is 2.59. The van der Waals surface area contributed by atoms with E-state index in [1.807, 2.05) is 6.92 Å². The number of carbonyl (C=O) groups excluding carboxylic acids is 1. The van der Waals surface area contributed by atoms with Crippen molar-refractivity contribution in [1.29, 1.82) is 0 Å². The maximum atomic E-state index is 11.1. The van der Waals surface area contributed by atoms with Crippen molar-refractivity contribution in [2.75, 3.05) is 19.0 Å². The summed E-state index contributed by atoms with van der Waals surface area (Å²) >= 11 is 0. The molecule has 0 spiro atoms. The van der Waals surface area contributed by atoms with Gasteiger partial charge < -0.3 is 15.8 Å². The molecule has 1 amide bonds. The van der Waals surface area contributed by atoms with Gasteiger partial charge in [-0.1, -0.05) is 6.92 Å². The lowest BCUT2D eigenvalue weighted by molar-refractivity contribution is 0.0995. The molecule has 2 rings (SSSR count). The lowest BCUT2D eigenvalue weighted by atomic mass is 10.4. The number of nitrogens with one attached hydrogen (secondary N) is 1. The molecule has 0 aromatic carbocycles. The molecule has 0 radical (unpaired) electrons. The van der Waals surface area contributed by atoms with Crippen LogP contribution in [0.1, 0.15) is 23.8 Å². The molecular weight excluding hydrogens is 260 g/mol. The number of ether oxygens (including phenoxy) is 1. The second kappa shape index (κ2) is 6.00. The maximum Gasteiger partial charge on any atom is 0.269 e. The monoisotopic (exact) mass is 276 g/mol. The molecule has 8 heteroatoms. The molecule has 0 fully saturated rings. The summed E-state index contributed by atoms with van der Waals surface area (Å²) in [5.74, 6) is 0.880. The Hall–Kier alpha value is -2.64. The van der Waals surface area contributed by atoms with Crippen molar-refractivity contribution in [2.24, 2.45) is 5.73 Å². The van der Waals surface area contributed by atoms with E-state index in [0.717, 1.165) is 13.0 Å². The van der Waals surface area contributed by atoms with Crippen LogP contribution in [0.4, 0.5) is 5.82 Å². The number of nitrogens with zero attached hydrogens (tertiary/aromatic N) is 4. The fourth-order valence-corrected chi connectivity index (χ4v) is 1.66. The summed E-state index contributed by atoms with van der Waals surface area (Å²) in [5, 5.41) is 7.20. The van der Waals surface area contributed by atoms with E-state index < -0.39 is 5.91 Å². The topological polar surface area (TPSA) is 108 Å². The summed E-state index contributed by atoms with van der Waals surface area (Å²) in [6, 6.07) is 1.52. The zero-order valence-corrected chi connectivity index (χ0v) is 11.3. The third kappa shape index (κ3) is 2.68. The van der Waals surface area contributed by atoms with Gasteiger partial charge in [0.2, 0.25) is 11.6 Å². The molecular formula is C12H16N6O2. The van der Waals surface area contributed by atoms with Gasteiger partial charge in [0.15, 0.2) is 5.82 Å². The number of amides is 1. The number of rotatable bonds is 6. The van der Waals surface area contributed by atoms with Gasteiger partial charge in [-0.25, -0.2) is 14.6 Å². The van der Waals surface area contributed by atoms with E-state index in [4.69, 9.17) is 10.5 Å². The van der Waals surface area contributed by atoms with Gasteiger partial charge in [0.1, 0.15) is 12.0 Å². The highest BCUT2D eigenvalue weighted by atomic mass is 16.5. The normalized spacial score (nSPS) is 10.3. The van der Waals surface area contributed by atoms with E-state index in [1.54, 1.807) is 6.20 Å². The number of aromatic nitrogens is 4. The summed E-state index contributed by atoms with van der Waals surface area (Å²) in [7, 11) is 1.53. The minimum Gasteiger partial charge on any atom is -0.490 e. The number of hydrogen-bond donors (Lipinski definition) is 2. The highest BCUT2D eigenvalue weighted by Crippen LogP contribution is 2.27. The van der Waals surface area contributed by atoms with Gasteiger partial charge in [0.05, 0.1) is 7.11 Å². The Bertz CT molecular complexity index is 610. The molecule has 0 aliphatic carbocycles. The van der Waals surface area contributed by atoms with Crippen LogP contribution in [0.2, 0.25) is 0 Å². The lowest BCUT2D eigenvalue weighted by Crippen LogP contribution is -2.13. The molecule has 0 aliphatic heterocycles. The van der Waals surface area contributed by atoms with Crippen LogP contribution < -0.4 is 15.8 Å². The smallest absolute Gasteiger partial charge is 0.269 e. The summed E-state index contributed by atoms with van der Waals surface area (Å²) in [4.78, 5) is 19.3. The maximum absolute atomic E-state index is 11.1. The Morgan fingerprint density at radius 3 is 2.90 bits per heavy atom. The third-order valence-electron chi connectivity index (χ3n) is 2.59. The highest BCUT2D eigenvalue weighted by molar-refractivity contribution is 5.90. The van der Waals surface area contributed by atoms with Crippen LogP contribution in [0.5, 0.6) is 5.75 Å². The van der Waals surface area contributed by atoms with Crippen molar-refractivity contribution >= 4 is 11.7 Å². The van der Waals surface area contributed by atoms with Crippen molar-refractivity contribution in [3.63, 3.8) is 0 Å². The summed E-state index contributed by atoms with van der Waals surface area (Å²) < 4.78 is 6.76. The van der Waals surface area contributed by atoms with Gasteiger partial charge in [-0.3, -0.25) is 4.79 Å². The van der Waals surface area contributed by atoms with E-state index in [-0.39, 0.29) is 5.69 Å². The second-order valence-electron chi connectivity index (χ2n) is 4.02. The Labute approximate surface area is 116 Å². The molecule has 2 aromatic heterocycles. The molecule has 3 N–H and O–H groups in total. The highest BCUT2D eigenvalue weighted by Gasteiger charge is 2.15. The van der Waals surface area contributed by atoms with Crippen LogP contribution in [-0.4, -0.2) is 39.3 Å². The zero-order valence-electron chi connectivity index (χ0n) is 11.3. The van der Waals surface area contributed by atoms with Gasteiger partial charge >= 0.3 is 0 Å². The number of primary amides is 1. The molecule has 0 saturated carbocycles. The van der Waals surface area contributed by atoms with Crippen molar-refractivity contribution < 1.29 is 9.53 Å². The molecule has 0 unspecified atom stereocenters. The van der Waals surface area contributed by atoms with Crippen molar-refractivity contribution in [1.82, 2.24) is 19.7 Å². The van der Waals surface area contributed by atoms with E-state index in [0.29, 0.717) is 17.4 Å². The van der Waals surface area contributed by atoms with Crippen molar-refractivity contribution in [3.8, 4) is 11.6 Å². The number of nitrogens with two attached hydrogens (primary N) is 1. The quantitative estimate of drug-likeness (QED) is 0.799. The fraction of sp³-hybridized carbons (Fsp3) is 0.333. The standard InChI is InChI=1S/C12H16N6O2/c1-3-5-14-11-9(20-2)12(16-7-15-11)18-6-4-8(17-18)10(13)19/h4,6-7H,3,5H2,1-2H3,(H2,13,19)(H,14,15,16). The predicted molar refractivity (Wildman–Crippen MR) is 73.0 cm³/mol. The number of anilines is 1. The molecule has 0 saturated heterocycles. The minimum absolute atomic E-state index is 0.161. The van der Waals surface area contributed by atoms with Gasteiger partial charge in [0, 0.05) is 12.7 Å². The predicted octanol–water partition coefficient (Wildman–Crippen LogP) is 0.592. The summed E-state index contributed by atoms with van der Waals surface area (Å²) in [5.41, 5.74) is 5.34. The summed E-state index contributed by atoms with van der Waals surface area (Å²) in [6.07, 6.45) is 3.95. The first-order valence-corrected chi connectivity index (χ1v) is 6.16. The van der Waals surface area contributed by atoms with Crippen LogP contribution in [0, 0.1) is 0 Å². The first-order valence-electron chi connectivity index (χ1n) is 6.16. The van der Waals surface area contributed by atoms with Crippen LogP contribution >= 0.6 is 0 Å². The zero-order chi connectivity index (χ0) is 14.5. The number of carbonyl (C=O) groups is 1. The molecule has 8 nitrogen and oxygen atoms in total. The molecule has 2 heterocycles.